The van der Waals surface area contributed by atoms with E-state index in [1.165, 1.54) is 15.5 Å². The van der Waals surface area contributed by atoms with Crippen molar-refractivity contribution in [2.75, 3.05) is 12.8 Å². The van der Waals surface area contributed by atoms with E-state index in [4.69, 9.17) is 4.74 Å². The van der Waals surface area contributed by atoms with Crippen LogP contribution in [0.4, 0.5) is 0 Å². The minimum absolute atomic E-state index is 0.0747. The molecule has 1 aliphatic heterocycles. The van der Waals surface area contributed by atoms with Gasteiger partial charge in [-0.25, -0.2) is 0 Å². The second-order valence-corrected chi connectivity index (χ2v) is 6.08. The maximum absolute atomic E-state index is 9.80. The summed E-state index contributed by atoms with van der Waals surface area (Å²) < 4.78 is 5.74. The molecule has 0 aliphatic carbocycles. The maximum atomic E-state index is 9.80. The number of hydrogen-bond donors (Lipinski definition) is 1. The fourth-order valence-electron chi connectivity index (χ4n) is 2.27. The van der Waals surface area contributed by atoms with Crippen molar-refractivity contribution in [3.05, 3.63) is 23.8 Å². The molecule has 1 unspecified atom stereocenters. The SMILES string of the molecule is CC(C)Oc1ccc2c(c1)C(N(C)O)CCCS2. The lowest BCUT2D eigenvalue weighted by molar-refractivity contribution is -0.107. The molecule has 2 rings (SSSR count). The average Bonchev–Trinajstić information content (AvgIpc) is 2.49. The third-order valence-electron chi connectivity index (χ3n) is 3.04. The van der Waals surface area contributed by atoms with E-state index in [1.807, 2.05) is 31.7 Å². The second kappa shape index (κ2) is 5.95. The summed E-state index contributed by atoms with van der Waals surface area (Å²) in [6.07, 6.45) is 2.28. The smallest absolute Gasteiger partial charge is 0.120 e. The Bertz CT molecular complexity index is 407. The number of ether oxygens (including phenoxy) is 1. The molecule has 0 amide bonds. The van der Waals surface area contributed by atoms with Gasteiger partial charge in [-0.3, -0.25) is 0 Å². The Morgan fingerprint density at radius 2 is 2.22 bits per heavy atom. The molecule has 0 fully saturated rings. The van der Waals surface area contributed by atoms with Gasteiger partial charge in [-0.05, 0) is 56.2 Å². The summed E-state index contributed by atoms with van der Waals surface area (Å²) in [7, 11) is 1.72. The zero-order valence-corrected chi connectivity index (χ0v) is 12.0. The minimum atomic E-state index is 0.0747. The van der Waals surface area contributed by atoms with E-state index in [2.05, 4.69) is 12.1 Å². The molecule has 0 aromatic heterocycles. The fraction of sp³-hybridized carbons (Fsp3) is 0.571. The molecule has 1 atom stereocenters. The Kier molecular flexibility index (Phi) is 4.54. The Morgan fingerprint density at radius 1 is 1.44 bits per heavy atom. The second-order valence-electron chi connectivity index (χ2n) is 4.95. The molecule has 0 radical (unpaired) electrons. The van der Waals surface area contributed by atoms with Crippen LogP contribution in [0.3, 0.4) is 0 Å². The highest BCUT2D eigenvalue weighted by atomic mass is 32.2. The van der Waals surface area contributed by atoms with E-state index in [1.54, 1.807) is 7.05 Å². The van der Waals surface area contributed by atoms with Gasteiger partial charge in [-0.1, -0.05) is 0 Å². The monoisotopic (exact) mass is 267 g/mol. The number of fused-ring (bicyclic) bond motifs is 1. The van der Waals surface area contributed by atoms with E-state index >= 15 is 0 Å². The Labute approximate surface area is 113 Å². The molecule has 4 heteroatoms. The van der Waals surface area contributed by atoms with Crippen LogP contribution in [0.1, 0.15) is 38.3 Å². The molecule has 3 nitrogen and oxygen atoms in total. The molecule has 0 spiro atoms. The topological polar surface area (TPSA) is 32.7 Å². The maximum Gasteiger partial charge on any atom is 0.120 e. The highest BCUT2D eigenvalue weighted by Crippen LogP contribution is 2.38. The molecule has 100 valence electrons. The molecule has 1 N–H and O–H groups in total. The number of hydroxylamine groups is 2. The highest BCUT2D eigenvalue weighted by molar-refractivity contribution is 7.99. The standard InChI is InChI=1S/C14H21NO2S/c1-10(2)17-11-6-7-14-12(9-11)13(15(3)16)5-4-8-18-14/h6-7,9-10,13,16H,4-5,8H2,1-3H3. The van der Waals surface area contributed by atoms with Crippen LogP contribution in [0.25, 0.3) is 0 Å². The summed E-state index contributed by atoms with van der Waals surface area (Å²) in [6, 6.07) is 6.28. The van der Waals surface area contributed by atoms with Crippen molar-refractivity contribution in [3.8, 4) is 5.75 Å². The number of benzene rings is 1. The predicted octanol–water partition coefficient (Wildman–Crippen LogP) is 3.72. The zero-order chi connectivity index (χ0) is 13.1. The van der Waals surface area contributed by atoms with Crippen molar-refractivity contribution in [2.24, 2.45) is 0 Å². The van der Waals surface area contributed by atoms with E-state index in [-0.39, 0.29) is 12.1 Å². The van der Waals surface area contributed by atoms with E-state index in [0.29, 0.717) is 0 Å². The van der Waals surface area contributed by atoms with Crippen molar-refractivity contribution in [1.82, 2.24) is 5.06 Å². The molecular weight excluding hydrogens is 246 g/mol. The third kappa shape index (κ3) is 3.19. The first-order chi connectivity index (χ1) is 8.58. The molecule has 18 heavy (non-hydrogen) atoms. The molecule has 0 saturated carbocycles. The largest absolute Gasteiger partial charge is 0.491 e. The first-order valence-corrected chi connectivity index (χ1v) is 7.41. The number of rotatable bonds is 3. The quantitative estimate of drug-likeness (QED) is 0.846. The van der Waals surface area contributed by atoms with Gasteiger partial charge < -0.3 is 9.94 Å². The summed E-state index contributed by atoms with van der Waals surface area (Å²) in [5.74, 6) is 2.00. The molecule has 1 aliphatic rings. The van der Waals surface area contributed by atoms with Crippen LogP contribution in [0.5, 0.6) is 5.75 Å². The summed E-state index contributed by atoms with van der Waals surface area (Å²) in [5.41, 5.74) is 1.18. The van der Waals surface area contributed by atoms with Crippen LogP contribution in [0, 0.1) is 0 Å². The van der Waals surface area contributed by atoms with E-state index in [0.717, 1.165) is 24.3 Å². The molecular formula is C14H21NO2S. The van der Waals surface area contributed by atoms with Gasteiger partial charge in [-0.2, -0.15) is 5.06 Å². The first kappa shape index (κ1) is 13.7. The van der Waals surface area contributed by atoms with Crippen molar-refractivity contribution >= 4 is 11.8 Å². The van der Waals surface area contributed by atoms with E-state index < -0.39 is 0 Å². The van der Waals surface area contributed by atoms with Crippen molar-refractivity contribution in [2.45, 2.75) is 43.7 Å². The van der Waals surface area contributed by atoms with Crippen LogP contribution in [-0.2, 0) is 0 Å². The lowest BCUT2D eigenvalue weighted by Gasteiger charge is -2.23. The van der Waals surface area contributed by atoms with Gasteiger partial charge in [0.25, 0.3) is 0 Å². The van der Waals surface area contributed by atoms with Crippen molar-refractivity contribution in [3.63, 3.8) is 0 Å². The summed E-state index contributed by atoms with van der Waals surface area (Å²) in [4.78, 5) is 1.26. The van der Waals surface area contributed by atoms with Gasteiger partial charge in [0.1, 0.15) is 5.75 Å². The number of nitrogens with zero attached hydrogens (tertiary/aromatic N) is 1. The molecule has 1 aromatic carbocycles. The van der Waals surface area contributed by atoms with Crippen LogP contribution in [-0.4, -0.2) is 29.2 Å². The highest BCUT2D eigenvalue weighted by Gasteiger charge is 2.22. The van der Waals surface area contributed by atoms with Gasteiger partial charge in [0.05, 0.1) is 12.1 Å². The van der Waals surface area contributed by atoms with Gasteiger partial charge in [0.15, 0.2) is 0 Å². The predicted molar refractivity (Wildman–Crippen MR) is 74.5 cm³/mol. The van der Waals surface area contributed by atoms with Crippen molar-refractivity contribution in [1.29, 1.82) is 0 Å². The van der Waals surface area contributed by atoms with Gasteiger partial charge in [-0.15, -0.1) is 11.8 Å². The first-order valence-electron chi connectivity index (χ1n) is 6.43. The van der Waals surface area contributed by atoms with Gasteiger partial charge in [0.2, 0.25) is 0 Å². The zero-order valence-electron chi connectivity index (χ0n) is 11.2. The molecule has 1 heterocycles. The molecule has 0 saturated heterocycles. The normalized spacial score (nSPS) is 19.8. The third-order valence-corrected chi connectivity index (χ3v) is 4.22. The lowest BCUT2D eigenvalue weighted by atomic mass is 10.0. The Morgan fingerprint density at radius 3 is 2.89 bits per heavy atom. The lowest BCUT2D eigenvalue weighted by Crippen LogP contribution is -2.20. The average molecular weight is 267 g/mol. The van der Waals surface area contributed by atoms with Crippen LogP contribution >= 0.6 is 11.8 Å². The van der Waals surface area contributed by atoms with Crippen LogP contribution < -0.4 is 4.74 Å². The Balaban J connectivity index is 2.33. The van der Waals surface area contributed by atoms with E-state index in [9.17, 15) is 5.21 Å². The van der Waals surface area contributed by atoms with Crippen molar-refractivity contribution < 1.29 is 9.94 Å². The van der Waals surface area contributed by atoms with Crippen LogP contribution in [0.2, 0.25) is 0 Å². The summed E-state index contributed by atoms with van der Waals surface area (Å²) in [5, 5.41) is 11.1. The number of hydrogen-bond acceptors (Lipinski definition) is 4. The molecule has 1 aromatic rings. The van der Waals surface area contributed by atoms with Crippen LogP contribution in [0.15, 0.2) is 23.1 Å². The number of thioether (sulfide) groups is 1. The summed E-state index contributed by atoms with van der Waals surface area (Å²) >= 11 is 1.86. The Hall–Kier alpha value is -0.710. The summed E-state index contributed by atoms with van der Waals surface area (Å²) in [6.45, 7) is 4.05. The van der Waals surface area contributed by atoms with Gasteiger partial charge >= 0.3 is 0 Å². The fourth-order valence-corrected chi connectivity index (χ4v) is 3.32. The molecule has 0 bridgehead atoms. The minimum Gasteiger partial charge on any atom is -0.491 e. The van der Waals surface area contributed by atoms with Gasteiger partial charge in [0, 0.05) is 11.9 Å².